The quantitative estimate of drug-likeness (QED) is 0.217. The summed E-state index contributed by atoms with van der Waals surface area (Å²) in [4.78, 5) is 23.4. The lowest BCUT2D eigenvalue weighted by Crippen LogP contribution is -2.23. The number of hydrogen-bond acceptors (Lipinski definition) is 5. The Hall–Kier alpha value is -2.77. The molecule has 0 radical (unpaired) electrons. The fourth-order valence-corrected chi connectivity index (χ4v) is 2.53. The first kappa shape index (κ1) is 19.6. The average molecular weight is 372 g/mol. The molecule has 0 aliphatic heterocycles. The molecule has 3 N–H and O–H groups in total. The maximum absolute atomic E-state index is 11.7. The number of benzene rings is 2. The summed E-state index contributed by atoms with van der Waals surface area (Å²) in [6.45, 7) is 0.981. The summed E-state index contributed by atoms with van der Waals surface area (Å²) in [5.74, 6) is 0.534. The second-order valence-corrected chi connectivity index (χ2v) is 6.26. The molecular formula is C19H20N2O4S. The van der Waals surface area contributed by atoms with E-state index in [9.17, 15) is 9.59 Å². The molecule has 0 saturated heterocycles. The highest BCUT2D eigenvalue weighted by Gasteiger charge is 2.03. The van der Waals surface area contributed by atoms with Crippen LogP contribution in [0.15, 0.2) is 65.6 Å². The first-order chi connectivity index (χ1) is 12.7. The Morgan fingerprint density at radius 1 is 1.08 bits per heavy atom. The van der Waals surface area contributed by atoms with Gasteiger partial charge in [0.05, 0.1) is 6.61 Å². The van der Waals surface area contributed by atoms with Crippen LogP contribution in [0.25, 0.3) is 6.08 Å². The average Bonchev–Trinajstić information content (AvgIpc) is 2.68. The molecule has 2 aromatic carbocycles. The molecule has 0 fully saturated rings. The van der Waals surface area contributed by atoms with Gasteiger partial charge in [0.2, 0.25) is 5.91 Å². The topological polar surface area (TPSA) is 87.7 Å². The molecule has 6 nitrogen and oxygen atoms in total. The van der Waals surface area contributed by atoms with Crippen molar-refractivity contribution < 1.29 is 19.5 Å². The number of thioether (sulfide) groups is 1. The Morgan fingerprint density at radius 2 is 1.81 bits per heavy atom. The Kier molecular flexibility index (Phi) is 8.25. The number of hydroxylamine groups is 1. The minimum Gasteiger partial charge on any atom is -0.494 e. The molecule has 0 aliphatic rings. The van der Waals surface area contributed by atoms with E-state index in [1.54, 1.807) is 35.8 Å². The van der Waals surface area contributed by atoms with Gasteiger partial charge in [0.25, 0.3) is 0 Å². The van der Waals surface area contributed by atoms with Gasteiger partial charge in [-0.15, -0.1) is 0 Å². The van der Waals surface area contributed by atoms with E-state index in [2.05, 4.69) is 5.32 Å². The van der Waals surface area contributed by atoms with Gasteiger partial charge in [0.1, 0.15) is 5.75 Å². The van der Waals surface area contributed by atoms with Gasteiger partial charge in [-0.3, -0.25) is 14.8 Å². The zero-order valence-electron chi connectivity index (χ0n) is 14.1. The fourth-order valence-electron chi connectivity index (χ4n) is 2.00. The van der Waals surface area contributed by atoms with Crippen LogP contribution in [0.4, 0.5) is 4.79 Å². The van der Waals surface area contributed by atoms with Crippen LogP contribution < -0.4 is 15.5 Å². The molecule has 2 aromatic rings. The van der Waals surface area contributed by atoms with Crippen molar-refractivity contribution in [2.75, 3.05) is 13.2 Å². The summed E-state index contributed by atoms with van der Waals surface area (Å²) in [7, 11) is 0. The van der Waals surface area contributed by atoms with Crippen LogP contribution in [0.2, 0.25) is 0 Å². The normalized spacial score (nSPS) is 10.5. The van der Waals surface area contributed by atoms with E-state index in [0.29, 0.717) is 30.2 Å². The number of hydrogen-bond donors (Lipinski definition) is 3. The Bertz CT molecular complexity index is 733. The van der Waals surface area contributed by atoms with Crippen LogP contribution in [0.1, 0.15) is 12.0 Å². The summed E-state index contributed by atoms with van der Waals surface area (Å²) in [5.41, 5.74) is 2.53. The van der Waals surface area contributed by atoms with Crippen LogP contribution >= 0.6 is 11.8 Å². The lowest BCUT2D eigenvalue weighted by Gasteiger charge is -2.07. The third kappa shape index (κ3) is 7.42. The second-order valence-electron chi connectivity index (χ2n) is 5.21. The predicted molar refractivity (Wildman–Crippen MR) is 101 cm³/mol. The molecule has 0 saturated carbocycles. The standard InChI is InChI=1S/C19H20N2O4S/c22-18(12-7-15-5-2-1-3-6-15)20-13-4-14-25-16-8-10-17(11-9-16)26-19(23)21-24/h1-3,5-12,24H,4,13-14H2,(H,20,22)(H,21,23)/b12-7+. The van der Waals surface area contributed by atoms with E-state index in [-0.39, 0.29) is 5.91 Å². The molecule has 7 heteroatoms. The van der Waals surface area contributed by atoms with Crippen LogP contribution in [0.5, 0.6) is 5.75 Å². The van der Waals surface area contributed by atoms with Crippen molar-refractivity contribution >= 4 is 29.0 Å². The maximum atomic E-state index is 11.7. The monoisotopic (exact) mass is 372 g/mol. The van der Waals surface area contributed by atoms with Gasteiger partial charge in [-0.05, 0) is 54.1 Å². The van der Waals surface area contributed by atoms with Crippen molar-refractivity contribution in [3.05, 3.63) is 66.2 Å². The van der Waals surface area contributed by atoms with Crippen LogP contribution in [-0.2, 0) is 4.79 Å². The lowest BCUT2D eigenvalue weighted by atomic mass is 10.2. The van der Waals surface area contributed by atoms with Gasteiger partial charge in [-0.2, -0.15) is 0 Å². The highest BCUT2D eigenvalue weighted by atomic mass is 32.2. The van der Waals surface area contributed by atoms with Crippen LogP contribution in [-0.4, -0.2) is 29.5 Å². The molecule has 0 unspecified atom stereocenters. The van der Waals surface area contributed by atoms with Crippen molar-refractivity contribution in [1.82, 2.24) is 10.8 Å². The van der Waals surface area contributed by atoms with Gasteiger partial charge in [0, 0.05) is 17.5 Å². The minimum atomic E-state index is -0.546. The Labute approximate surface area is 156 Å². The van der Waals surface area contributed by atoms with Gasteiger partial charge < -0.3 is 10.1 Å². The maximum Gasteiger partial charge on any atom is 0.307 e. The molecule has 0 aromatic heterocycles. The summed E-state index contributed by atoms with van der Waals surface area (Å²) < 4.78 is 5.57. The summed E-state index contributed by atoms with van der Waals surface area (Å²) in [5, 5.41) is 10.7. The van der Waals surface area contributed by atoms with Crippen molar-refractivity contribution in [3.8, 4) is 5.75 Å². The van der Waals surface area contributed by atoms with Crippen LogP contribution in [0.3, 0.4) is 0 Å². The molecule has 0 atom stereocenters. The second kappa shape index (κ2) is 11.0. The van der Waals surface area contributed by atoms with Gasteiger partial charge in [-0.25, -0.2) is 5.48 Å². The molecule has 0 bridgehead atoms. The highest BCUT2D eigenvalue weighted by Crippen LogP contribution is 2.21. The van der Waals surface area contributed by atoms with Crippen molar-refractivity contribution in [2.24, 2.45) is 0 Å². The number of carbonyl (C=O) groups excluding carboxylic acids is 2. The minimum absolute atomic E-state index is 0.141. The van der Waals surface area contributed by atoms with Crippen molar-refractivity contribution in [2.45, 2.75) is 11.3 Å². The van der Waals surface area contributed by atoms with E-state index < -0.39 is 5.24 Å². The van der Waals surface area contributed by atoms with Gasteiger partial charge in [-0.1, -0.05) is 30.3 Å². The SMILES string of the molecule is O=C(/C=C/c1ccccc1)NCCCOc1ccc(SC(=O)NO)cc1. The predicted octanol–water partition coefficient (Wildman–Crippen LogP) is 3.48. The summed E-state index contributed by atoms with van der Waals surface area (Å²) in [6.07, 6.45) is 3.95. The first-order valence-corrected chi connectivity index (χ1v) is 8.85. The Balaban J connectivity index is 1.62. The number of carbonyl (C=O) groups is 2. The molecule has 0 spiro atoms. The van der Waals surface area contributed by atoms with Crippen molar-refractivity contribution in [1.29, 1.82) is 0 Å². The summed E-state index contributed by atoms with van der Waals surface area (Å²) >= 11 is 0.881. The molecular weight excluding hydrogens is 352 g/mol. The number of nitrogens with one attached hydrogen (secondary N) is 2. The lowest BCUT2D eigenvalue weighted by molar-refractivity contribution is -0.116. The van der Waals surface area contributed by atoms with Crippen LogP contribution in [0, 0.1) is 0 Å². The molecule has 0 heterocycles. The molecule has 26 heavy (non-hydrogen) atoms. The molecule has 2 amide bonds. The van der Waals surface area contributed by atoms with E-state index >= 15 is 0 Å². The van der Waals surface area contributed by atoms with E-state index in [0.717, 1.165) is 17.3 Å². The third-order valence-corrected chi connectivity index (χ3v) is 4.03. The zero-order valence-corrected chi connectivity index (χ0v) is 14.9. The fraction of sp³-hybridized carbons (Fsp3) is 0.158. The van der Waals surface area contributed by atoms with Gasteiger partial charge in [0.15, 0.2) is 0 Å². The van der Waals surface area contributed by atoms with Gasteiger partial charge >= 0.3 is 5.24 Å². The van der Waals surface area contributed by atoms with E-state index in [1.807, 2.05) is 30.3 Å². The number of amides is 2. The first-order valence-electron chi connectivity index (χ1n) is 8.03. The molecule has 0 aliphatic carbocycles. The third-order valence-electron chi connectivity index (χ3n) is 3.24. The Morgan fingerprint density at radius 3 is 2.50 bits per heavy atom. The smallest absolute Gasteiger partial charge is 0.307 e. The number of rotatable bonds is 8. The summed E-state index contributed by atoms with van der Waals surface area (Å²) in [6, 6.07) is 16.6. The molecule has 136 valence electrons. The molecule has 2 rings (SSSR count). The van der Waals surface area contributed by atoms with E-state index in [4.69, 9.17) is 9.94 Å². The van der Waals surface area contributed by atoms with Crippen molar-refractivity contribution in [3.63, 3.8) is 0 Å². The highest BCUT2D eigenvalue weighted by molar-refractivity contribution is 8.13. The zero-order chi connectivity index (χ0) is 18.6. The number of ether oxygens (including phenoxy) is 1. The largest absolute Gasteiger partial charge is 0.494 e. The van der Waals surface area contributed by atoms with E-state index in [1.165, 1.54) is 6.08 Å².